The van der Waals surface area contributed by atoms with E-state index in [0.29, 0.717) is 28.6 Å². The molecule has 0 bridgehead atoms. The summed E-state index contributed by atoms with van der Waals surface area (Å²) in [6, 6.07) is 0. The van der Waals surface area contributed by atoms with Crippen molar-refractivity contribution in [3.05, 3.63) is 0 Å². The van der Waals surface area contributed by atoms with Crippen LogP contribution in [0.5, 0.6) is 0 Å². The van der Waals surface area contributed by atoms with Gasteiger partial charge in [-0.05, 0) is 85.9 Å². The molecular weight excluding hydrogens is 260 g/mol. The van der Waals surface area contributed by atoms with E-state index in [1.165, 1.54) is 38.5 Å². The lowest BCUT2D eigenvalue weighted by atomic mass is 9.44. The lowest BCUT2D eigenvalue weighted by molar-refractivity contribution is -0.168. The van der Waals surface area contributed by atoms with Gasteiger partial charge in [-0.15, -0.1) is 0 Å². The average molecular weight is 292 g/mol. The summed E-state index contributed by atoms with van der Waals surface area (Å²) in [6.45, 7) is 4.98. The maximum Gasteiger partial charge on any atom is 0.0577 e. The molecule has 4 saturated carbocycles. The highest BCUT2D eigenvalue weighted by atomic mass is 16.3. The minimum Gasteiger partial charge on any atom is -0.393 e. The first-order valence-corrected chi connectivity index (χ1v) is 9.30. The fourth-order valence-electron chi connectivity index (χ4n) is 7.19. The van der Waals surface area contributed by atoms with E-state index >= 15 is 0 Å². The van der Waals surface area contributed by atoms with E-state index in [-0.39, 0.29) is 12.2 Å². The number of hydrogen-bond donors (Lipinski definition) is 2. The first kappa shape index (κ1) is 14.5. The largest absolute Gasteiger partial charge is 0.393 e. The minimum atomic E-state index is -0.118. The van der Waals surface area contributed by atoms with Crippen LogP contribution in [0.3, 0.4) is 0 Å². The van der Waals surface area contributed by atoms with E-state index in [0.717, 1.165) is 25.2 Å². The molecule has 0 heterocycles. The van der Waals surface area contributed by atoms with Crippen LogP contribution in [-0.2, 0) is 0 Å². The maximum atomic E-state index is 10.9. The number of aliphatic hydroxyl groups excluding tert-OH is 2. The van der Waals surface area contributed by atoms with E-state index in [1.54, 1.807) is 0 Å². The Labute approximate surface area is 129 Å². The Bertz CT molecular complexity index is 422. The van der Waals surface area contributed by atoms with Crippen molar-refractivity contribution in [2.24, 2.45) is 34.5 Å². The van der Waals surface area contributed by atoms with Crippen molar-refractivity contribution >= 4 is 0 Å². The molecule has 0 spiro atoms. The van der Waals surface area contributed by atoms with Gasteiger partial charge in [-0.3, -0.25) is 0 Å². The van der Waals surface area contributed by atoms with Crippen LogP contribution in [0.15, 0.2) is 0 Å². The number of fused-ring (bicyclic) bond motifs is 5. The van der Waals surface area contributed by atoms with Gasteiger partial charge in [-0.1, -0.05) is 20.3 Å². The summed E-state index contributed by atoms with van der Waals surface area (Å²) in [5.41, 5.74) is 0.895. The van der Waals surface area contributed by atoms with E-state index in [2.05, 4.69) is 13.8 Å². The predicted octanol–water partition coefficient (Wildman–Crippen LogP) is 3.75. The van der Waals surface area contributed by atoms with Crippen LogP contribution in [0.25, 0.3) is 0 Å². The molecule has 8 atom stereocenters. The summed E-state index contributed by atoms with van der Waals surface area (Å²) in [5, 5.41) is 21.0. The van der Waals surface area contributed by atoms with Crippen LogP contribution in [0.2, 0.25) is 0 Å². The zero-order chi connectivity index (χ0) is 14.8. The van der Waals surface area contributed by atoms with Crippen molar-refractivity contribution in [3.8, 4) is 0 Å². The highest BCUT2D eigenvalue weighted by molar-refractivity contribution is 5.09. The molecule has 2 heteroatoms. The second kappa shape index (κ2) is 4.71. The van der Waals surface area contributed by atoms with Gasteiger partial charge in [0.25, 0.3) is 0 Å². The molecule has 0 amide bonds. The fourth-order valence-corrected chi connectivity index (χ4v) is 7.19. The second-order valence-corrected chi connectivity index (χ2v) is 9.31. The summed E-state index contributed by atoms with van der Waals surface area (Å²) in [5.74, 6) is 2.55. The fraction of sp³-hybridized carbons (Fsp3) is 1.00. The van der Waals surface area contributed by atoms with Gasteiger partial charge in [0.2, 0.25) is 0 Å². The zero-order valence-electron chi connectivity index (χ0n) is 13.7. The molecule has 120 valence electrons. The highest BCUT2D eigenvalue weighted by Gasteiger charge is 2.60. The second-order valence-electron chi connectivity index (χ2n) is 9.31. The summed E-state index contributed by atoms with van der Waals surface area (Å²) in [4.78, 5) is 0. The normalized spacial score (nSPS) is 60.0. The molecule has 2 N–H and O–H groups in total. The van der Waals surface area contributed by atoms with Gasteiger partial charge in [-0.25, -0.2) is 0 Å². The molecule has 0 saturated heterocycles. The maximum absolute atomic E-state index is 10.9. The third-order valence-corrected chi connectivity index (χ3v) is 8.44. The molecular formula is C19H32O2. The van der Waals surface area contributed by atoms with E-state index in [9.17, 15) is 10.2 Å². The smallest absolute Gasteiger partial charge is 0.0577 e. The number of rotatable bonds is 0. The third-order valence-electron chi connectivity index (χ3n) is 8.44. The van der Waals surface area contributed by atoms with Gasteiger partial charge >= 0.3 is 0 Å². The molecule has 0 radical (unpaired) electrons. The van der Waals surface area contributed by atoms with Gasteiger partial charge in [0.05, 0.1) is 12.2 Å². The molecule has 2 nitrogen and oxygen atoms in total. The first-order chi connectivity index (χ1) is 9.94. The van der Waals surface area contributed by atoms with Gasteiger partial charge in [0.1, 0.15) is 0 Å². The Morgan fingerprint density at radius 2 is 1.67 bits per heavy atom. The Morgan fingerprint density at radius 1 is 0.857 bits per heavy atom. The molecule has 0 aromatic carbocycles. The molecule has 4 aliphatic rings. The van der Waals surface area contributed by atoms with Crippen molar-refractivity contribution in [1.29, 1.82) is 0 Å². The first-order valence-electron chi connectivity index (χ1n) is 9.30. The van der Waals surface area contributed by atoms with Gasteiger partial charge < -0.3 is 10.2 Å². The van der Waals surface area contributed by atoms with E-state index < -0.39 is 0 Å². The Balaban J connectivity index is 1.67. The van der Waals surface area contributed by atoms with Crippen LogP contribution >= 0.6 is 0 Å². The van der Waals surface area contributed by atoms with E-state index in [4.69, 9.17) is 0 Å². The molecule has 0 aliphatic heterocycles. The summed E-state index contributed by atoms with van der Waals surface area (Å²) >= 11 is 0. The Kier molecular flexibility index (Phi) is 3.25. The van der Waals surface area contributed by atoms with Gasteiger partial charge in [-0.2, -0.15) is 0 Å². The standard InChI is InChI=1S/C19H32O2/c1-18-7-3-4-14(18)17-15(6-8-18)19(2)9-5-13(20)10-12(19)11-16(17)21/h12-17,20-21H,3-11H2,1-2H3/t12-,13?,14+,15+,16?,17+,18+,19+/m1/s1. The zero-order valence-corrected chi connectivity index (χ0v) is 13.7. The predicted molar refractivity (Wildman–Crippen MR) is 83.7 cm³/mol. The van der Waals surface area contributed by atoms with Crippen molar-refractivity contribution in [1.82, 2.24) is 0 Å². The topological polar surface area (TPSA) is 40.5 Å². The van der Waals surface area contributed by atoms with Crippen molar-refractivity contribution < 1.29 is 10.2 Å². The van der Waals surface area contributed by atoms with Crippen LogP contribution in [-0.4, -0.2) is 22.4 Å². The van der Waals surface area contributed by atoms with Crippen molar-refractivity contribution in [2.75, 3.05) is 0 Å². The summed E-state index contributed by atoms with van der Waals surface area (Å²) in [7, 11) is 0. The van der Waals surface area contributed by atoms with Crippen LogP contribution in [0.4, 0.5) is 0 Å². The molecule has 4 fully saturated rings. The van der Waals surface area contributed by atoms with Crippen LogP contribution in [0.1, 0.15) is 71.6 Å². The van der Waals surface area contributed by atoms with Gasteiger partial charge in [0, 0.05) is 0 Å². The van der Waals surface area contributed by atoms with Crippen LogP contribution < -0.4 is 0 Å². The minimum absolute atomic E-state index is 0.110. The SMILES string of the molecule is C[C@@]12CCC[C@H]1[C@@H]1C(O)C[C@H]3CC(O)CC[C@]3(C)[C@H]1CC2. The molecule has 2 unspecified atom stereocenters. The summed E-state index contributed by atoms with van der Waals surface area (Å²) in [6.07, 6.45) is 10.6. The van der Waals surface area contributed by atoms with Crippen LogP contribution in [0, 0.1) is 34.5 Å². The third kappa shape index (κ3) is 1.97. The molecule has 0 aromatic heterocycles. The lowest BCUT2D eigenvalue weighted by Gasteiger charge is -2.61. The monoisotopic (exact) mass is 292 g/mol. The lowest BCUT2D eigenvalue weighted by Crippen LogP contribution is -2.57. The number of aliphatic hydroxyl groups is 2. The molecule has 4 aliphatic carbocycles. The highest BCUT2D eigenvalue weighted by Crippen LogP contribution is 2.66. The Morgan fingerprint density at radius 3 is 2.48 bits per heavy atom. The van der Waals surface area contributed by atoms with Gasteiger partial charge in [0.15, 0.2) is 0 Å². The molecule has 0 aromatic rings. The Hall–Kier alpha value is -0.0800. The molecule has 21 heavy (non-hydrogen) atoms. The van der Waals surface area contributed by atoms with Crippen molar-refractivity contribution in [2.45, 2.75) is 83.8 Å². The quantitative estimate of drug-likeness (QED) is 0.714. The summed E-state index contributed by atoms with van der Waals surface area (Å²) < 4.78 is 0. The average Bonchev–Trinajstić information content (AvgIpc) is 2.82. The molecule has 4 rings (SSSR count). The van der Waals surface area contributed by atoms with E-state index in [1.807, 2.05) is 0 Å². The number of hydrogen-bond acceptors (Lipinski definition) is 2. The van der Waals surface area contributed by atoms with Crippen molar-refractivity contribution in [3.63, 3.8) is 0 Å².